The van der Waals surface area contributed by atoms with E-state index in [0.29, 0.717) is 25.8 Å². The minimum Gasteiger partial charge on any atom is -0.457 e. The number of amides is 1. The molecule has 0 aromatic carbocycles. The number of carbonyl (C=O) groups excluding carboxylic acids is 4. The molecule has 3 aliphatic rings. The number of carbonyl (C=O) groups is 4. The molecule has 13 heteroatoms. The second-order valence-corrected chi connectivity index (χ2v) is 14.7. The number of nitrogens with two attached hydrogens (primary N) is 1. The summed E-state index contributed by atoms with van der Waals surface area (Å²) >= 11 is 0. The number of nitrogens with zero attached hydrogens (tertiary/aromatic N) is 2. The fourth-order valence-electron chi connectivity index (χ4n) is 7.95. The number of Topliss-reactive ketones (excluding diaryl/α,β-unsaturated/α-hetero) is 2. The first kappa shape index (κ1) is 41.0. The van der Waals surface area contributed by atoms with Crippen molar-refractivity contribution in [3.05, 3.63) is 12.2 Å². The van der Waals surface area contributed by atoms with Gasteiger partial charge in [-0.15, -0.1) is 0 Å². The lowest BCUT2D eigenvalue weighted by Gasteiger charge is -2.47. The van der Waals surface area contributed by atoms with Crippen molar-refractivity contribution < 1.29 is 47.6 Å². The first-order valence-corrected chi connectivity index (χ1v) is 17.6. The van der Waals surface area contributed by atoms with Gasteiger partial charge in [0.25, 0.3) is 0 Å². The predicted octanol–water partition coefficient (Wildman–Crippen LogP) is 3.50. The standard InChI is InChI=1S/C36H61N3O10/c1-13-26-36(8)30(39(34(43)49-36)17-15-14-16-37)22(4)27(40)20(2)19-35(7,45-12)31(23(5)28(41)24(6)32(42)47-26)48-33-29(44-11)25(38(9)10)18-21(3)46-33/h20-21,23-26,29-31,33H,4,13-19,37H2,1-3,5-12H3/t20-,21-,23+,24-,25?,26-,29?,30-,31-,33+,35-,36-/m1/s1. The Hall–Kier alpha value is -2.42. The van der Waals surface area contributed by atoms with E-state index >= 15 is 0 Å². The van der Waals surface area contributed by atoms with Gasteiger partial charge < -0.3 is 39.1 Å². The summed E-state index contributed by atoms with van der Waals surface area (Å²) in [6, 6.07) is -0.971. The van der Waals surface area contributed by atoms with Crippen LogP contribution in [0.1, 0.15) is 80.6 Å². The van der Waals surface area contributed by atoms with Crippen LogP contribution in [0.2, 0.25) is 0 Å². The van der Waals surface area contributed by atoms with Gasteiger partial charge in [0.05, 0.1) is 17.8 Å². The average Bonchev–Trinajstić information content (AvgIpc) is 3.32. The molecule has 49 heavy (non-hydrogen) atoms. The lowest BCUT2D eigenvalue weighted by molar-refractivity contribution is -0.299. The zero-order valence-corrected chi connectivity index (χ0v) is 31.5. The van der Waals surface area contributed by atoms with Gasteiger partial charge in [-0.2, -0.15) is 0 Å². The van der Waals surface area contributed by atoms with Crippen LogP contribution >= 0.6 is 0 Å². The molecule has 3 saturated heterocycles. The normalized spacial score (nSPS) is 39.9. The molecule has 280 valence electrons. The summed E-state index contributed by atoms with van der Waals surface area (Å²) in [5, 5.41) is 0. The molecule has 3 fully saturated rings. The third-order valence-electron chi connectivity index (χ3n) is 10.9. The fourth-order valence-corrected chi connectivity index (χ4v) is 7.95. The van der Waals surface area contributed by atoms with Gasteiger partial charge in [-0.3, -0.25) is 19.3 Å². The second kappa shape index (κ2) is 16.7. The maximum absolute atomic E-state index is 14.4. The molecule has 2 N–H and O–H groups in total. The summed E-state index contributed by atoms with van der Waals surface area (Å²) in [4.78, 5) is 59.3. The summed E-state index contributed by atoms with van der Waals surface area (Å²) in [6.45, 7) is 17.1. The maximum Gasteiger partial charge on any atom is 0.411 e. The molecule has 0 aromatic rings. The van der Waals surface area contributed by atoms with Crippen LogP contribution < -0.4 is 5.73 Å². The first-order chi connectivity index (χ1) is 22.9. The lowest BCUT2D eigenvalue weighted by atomic mass is 9.75. The van der Waals surface area contributed by atoms with E-state index in [2.05, 4.69) is 11.5 Å². The van der Waals surface area contributed by atoms with E-state index in [9.17, 15) is 19.2 Å². The number of hydrogen-bond donors (Lipinski definition) is 1. The number of esters is 1. The number of cyclic esters (lactones) is 1. The number of fused-ring (bicyclic) bond motifs is 1. The molecular weight excluding hydrogens is 634 g/mol. The maximum atomic E-state index is 14.4. The summed E-state index contributed by atoms with van der Waals surface area (Å²) in [7, 11) is 7.02. The molecule has 13 nitrogen and oxygen atoms in total. The Morgan fingerprint density at radius 2 is 1.71 bits per heavy atom. The van der Waals surface area contributed by atoms with Crippen LogP contribution in [0, 0.1) is 17.8 Å². The molecule has 3 rings (SSSR count). The Morgan fingerprint density at radius 3 is 2.27 bits per heavy atom. The van der Waals surface area contributed by atoms with Gasteiger partial charge in [0.15, 0.2) is 23.5 Å². The Bertz CT molecular complexity index is 1210. The Labute approximate surface area is 292 Å². The van der Waals surface area contributed by atoms with Crippen LogP contribution in [-0.4, -0.2) is 129 Å². The van der Waals surface area contributed by atoms with Gasteiger partial charge in [0.2, 0.25) is 0 Å². The molecule has 3 heterocycles. The van der Waals surface area contributed by atoms with E-state index in [1.807, 2.05) is 21.0 Å². The van der Waals surface area contributed by atoms with Crippen molar-refractivity contribution in [3.63, 3.8) is 0 Å². The van der Waals surface area contributed by atoms with Gasteiger partial charge in [0, 0.05) is 44.2 Å². The first-order valence-electron chi connectivity index (χ1n) is 17.6. The Kier molecular flexibility index (Phi) is 14.0. The fraction of sp³-hybridized carbons (Fsp3) is 0.833. The van der Waals surface area contributed by atoms with E-state index in [-0.39, 0.29) is 42.9 Å². The van der Waals surface area contributed by atoms with Crippen molar-refractivity contribution in [1.82, 2.24) is 9.80 Å². The molecule has 0 aromatic heterocycles. The van der Waals surface area contributed by atoms with E-state index in [0.717, 1.165) is 0 Å². The highest BCUT2D eigenvalue weighted by atomic mass is 16.7. The summed E-state index contributed by atoms with van der Waals surface area (Å²) in [6.07, 6.45) is -1.82. The highest BCUT2D eigenvalue weighted by Crippen LogP contribution is 2.42. The van der Waals surface area contributed by atoms with Gasteiger partial charge in [0.1, 0.15) is 24.2 Å². The number of unbranched alkanes of at least 4 members (excludes halogenated alkanes) is 1. The third kappa shape index (κ3) is 8.39. The van der Waals surface area contributed by atoms with Crippen molar-refractivity contribution in [1.29, 1.82) is 0 Å². The molecule has 0 spiro atoms. The van der Waals surface area contributed by atoms with Crippen LogP contribution in [0.15, 0.2) is 12.2 Å². The van der Waals surface area contributed by atoms with Crippen molar-refractivity contribution in [2.24, 2.45) is 23.5 Å². The van der Waals surface area contributed by atoms with Gasteiger partial charge in [-0.1, -0.05) is 27.4 Å². The molecule has 3 aliphatic heterocycles. The average molecular weight is 696 g/mol. The van der Waals surface area contributed by atoms with Crippen LogP contribution in [-0.2, 0) is 42.8 Å². The predicted molar refractivity (Wildman–Crippen MR) is 183 cm³/mol. The van der Waals surface area contributed by atoms with Crippen LogP contribution in [0.25, 0.3) is 0 Å². The van der Waals surface area contributed by atoms with Crippen molar-refractivity contribution in [2.45, 2.75) is 135 Å². The number of ether oxygens (including phenoxy) is 6. The van der Waals surface area contributed by atoms with Crippen LogP contribution in [0.3, 0.4) is 0 Å². The zero-order chi connectivity index (χ0) is 37.0. The van der Waals surface area contributed by atoms with E-state index in [4.69, 9.17) is 34.2 Å². The molecule has 0 saturated carbocycles. The number of likely N-dealkylation sites (N-methyl/N-ethyl adjacent to an activating group) is 1. The molecule has 12 atom stereocenters. The second-order valence-electron chi connectivity index (χ2n) is 14.7. The Balaban J connectivity index is 2.14. The number of rotatable bonds is 10. The van der Waals surface area contributed by atoms with E-state index < -0.39 is 77.4 Å². The number of ketones is 2. The highest BCUT2D eigenvalue weighted by molar-refractivity contribution is 6.00. The van der Waals surface area contributed by atoms with Crippen LogP contribution in [0.5, 0.6) is 0 Å². The molecule has 0 bridgehead atoms. The minimum atomic E-state index is -1.45. The van der Waals surface area contributed by atoms with E-state index in [1.54, 1.807) is 41.7 Å². The lowest BCUT2D eigenvalue weighted by Crippen LogP contribution is -2.60. The highest BCUT2D eigenvalue weighted by Gasteiger charge is 2.59. The van der Waals surface area contributed by atoms with Crippen LogP contribution in [0.4, 0.5) is 4.79 Å². The van der Waals surface area contributed by atoms with Crippen molar-refractivity contribution in [3.8, 4) is 0 Å². The zero-order valence-electron chi connectivity index (χ0n) is 31.5. The summed E-state index contributed by atoms with van der Waals surface area (Å²) < 4.78 is 37.1. The molecule has 0 radical (unpaired) electrons. The topological polar surface area (TPSA) is 156 Å². The van der Waals surface area contributed by atoms with Crippen molar-refractivity contribution in [2.75, 3.05) is 41.4 Å². The van der Waals surface area contributed by atoms with Crippen molar-refractivity contribution >= 4 is 23.6 Å². The summed E-state index contributed by atoms with van der Waals surface area (Å²) in [5.74, 6) is -4.28. The number of hydrogen-bond acceptors (Lipinski definition) is 12. The Morgan fingerprint density at radius 1 is 1.06 bits per heavy atom. The van der Waals surface area contributed by atoms with Gasteiger partial charge in [-0.25, -0.2) is 4.79 Å². The third-order valence-corrected chi connectivity index (χ3v) is 10.9. The summed E-state index contributed by atoms with van der Waals surface area (Å²) in [5.41, 5.74) is 3.21. The SMILES string of the molecule is C=C1C(=O)[C@H](C)C[C@@](C)(OC)[C@H](O[C@@H]2O[C@H](C)CC(N(C)C)C2OC)[C@@H](C)C(=O)[C@@H](C)C(=O)O[C@H](CC)[C@@]2(C)OC(=O)N(CCCCN)[C@H]12. The smallest absolute Gasteiger partial charge is 0.411 e. The van der Waals surface area contributed by atoms with Gasteiger partial charge in [-0.05, 0) is 80.4 Å². The number of methoxy groups -OCH3 is 2. The monoisotopic (exact) mass is 695 g/mol. The largest absolute Gasteiger partial charge is 0.457 e. The molecular formula is C36H61N3O10. The van der Waals surface area contributed by atoms with E-state index in [1.165, 1.54) is 18.9 Å². The molecule has 0 aliphatic carbocycles. The minimum absolute atomic E-state index is 0.0424. The quantitative estimate of drug-likeness (QED) is 0.154. The molecule has 1 amide bonds. The molecule has 2 unspecified atom stereocenters. The van der Waals surface area contributed by atoms with Gasteiger partial charge >= 0.3 is 12.1 Å².